The maximum absolute atomic E-state index is 13.7. The van der Waals surface area contributed by atoms with Gasteiger partial charge in [-0.3, -0.25) is 4.98 Å². The number of fused-ring (bicyclic) bond motifs is 1. The first-order valence-electron chi connectivity index (χ1n) is 6.00. The summed E-state index contributed by atoms with van der Waals surface area (Å²) in [7, 11) is 0. The summed E-state index contributed by atoms with van der Waals surface area (Å²) in [5, 5.41) is 3.41. The predicted octanol–water partition coefficient (Wildman–Crippen LogP) is 3.84. The van der Waals surface area contributed by atoms with Gasteiger partial charge in [-0.25, -0.2) is 8.78 Å². The summed E-state index contributed by atoms with van der Waals surface area (Å²) in [5.41, 5.74) is 7.49. The molecule has 3 aromatic rings. The number of benzene rings is 2. The average molecular weight is 271 g/mol. The molecule has 3 rings (SSSR count). The van der Waals surface area contributed by atoms with Gasteiger partial charge in [0.2, 0.25) is 0 Å². The molecule has 0 atom stereocenters. The predicted molar refractivity (Wildman–Crippen MR) is 75.8 cm³/mol. The summed E-state index contributed by atoms with van der Waals surface area (Å²) in [6, 6.07) is 10.4. The molecule has 3 nitrogen and oxygen atoms in total. The maximum Gasteiger partial charge on any atom is 0.146 e. The normalized spacial score (nSPS) is 10.7. The van der Waals surface area contributed by atoms with Crippen molar-refractivity contribution in [2.75, 3.05) is 11.1 Å². The summed E-state index contributed by atoms with van der Waals surface area (Å²) in [4.78, 5) is 4.12. The largest absolute Gasteiger partial charge is 0.396 e. The molecule has 20 heavy (non-hydrogen) atoms. The Kier molecular flexibility index (Phi) is 2.95. The van der Waals surface area contributed by atoms with Crippen molar-refractivity contribution >= 4 is 28.0 Å². The van der Waals surface area contributed by atoms with E-state index < -0.39 is 11.6 Å². The van der Waals surface area contributed by atoms with Gasteiger partial charge in [0.05, 0.1) is 28.8 Å². The second-order valence-corrected chi connectivity index (χ2v) is 4.35. The summed E-state index contributed by atoms with van der Waals surface area (Å²) >= 11 is 0. The average Bonchev–Trinajstić information content (AvgIpc) is 2.44. The van der Waals surface area contributed by atoms with E-state index in [1.165, 1.54) is 24.4 Å². The lowest BCUT2D eigenvalue weighted by Crippen LogP contribution is -2.00. The number of nitrogens with zero attached hydrogens (tertiary/aromatic N) is 1. The second-order valence-electron chi connectivity index (χ2n) is 4.35. The quantitative estimate of drug-likeness (QED) is 0.744. The number of hydrogen-bond acceptors (Lipinski definition) is 3. The molecule has 0 amide bonds. The lowest BCUT2D eigenvalue weighted by atomic mass is 10.1. The number of rotatable bonds is 2. The molecule has 0 fully saturated rings. The number of anilines is 3. The van der Waals surface area contributed by atoms with E-state index >= 15 is 0 Å². The number of aromatic nitrogens is 1. The SMILES string of the molecule is Nc1cnc2ccc(F)cc2c1Nc1ccccc1F. The fraction of sp³-hybridized carbons (Fsp3) is 0. The minimum absolute atomic E-state index is 0.274. The zero-order valence-electron chi connectivity index (χ0n) is 10.4. The van der Waals surface area contributed by atoms with Crippen LogP contribution in [0.2, 0.25) is 0 Å². The monoisotopic (exact) mass is 271 g/mol. The molecule has 0 aliphatic rings. The van der Waals surface area contributed by atoms with Crippen molar-refractivity contribution in [3.63, 3.8) is 0 Å². The Morgan fingerprint density at radius 3 is 2.65 bits per heavy atom. The van der Waals surface area contributed by atoms with Crippen molar-refractivity contribution in [3.05, 3.63) is 60.3 Å². The van der Waals surface area contributed by atoms with Gasteiger partial charge in [0, 0.05) is 5.39 Å². The van der Waals surface area contributed by atoms with Crippen molar-refractivity contribution < 1.29 is 8.78 Å². The lowest BCUT2D eigenvalue weighted by Gasteiger charge is -2.12. The molecule has 0 bridgehead atoms. The van der Waals surface area contributed by atoms with Gasteiger partial charge in [0.25, 0.3) is 0 Å². The molecule has 1 heterocycles. The smallest absolute Gasteiger partial charge is 0.146 e. The van der Waals surface area contributed by atoms with Crippen LogP contribution in [0.15, 0.2) is 48.7 Å². The molecule has 0 saturated heterocycles. The number of para-hydroxylation sites is 1. The van der Waals surface area contributed by atoms with Gasteiger partial charge in [-0.1, -0.05) is 12.1 Å². The highest BCUT2D eigenvalue weighted by Gasteiger charge is 2.10. The number of nitrogens with one attached hydrogen (secondary N) is 1. The second kappa shape index (κ2) is 4.77. The summed E-state index contributed by atoms with van der Waals surface area (Å²) in [6.45, 7) is 0. The molecule has 0 unspecified atom stereocenters. The number of hydrogen-bond donors (Lipinski definition) is 2. The third-order valence-corrected chi connectivity index (χ3v) is 2.99. The van der Waals surface area contributed by atoms with Crippen LogP contribution in [0, 0.1) is 11.6 Å². The van der Waals surface area contributed by atoms with E-state index in [1.807, 2.05) is 0 Å². The highest BCUT2D eigenvalue weighted by Crippen LogP contribution is 2.31. The van der Waals surface area contributed by atoms with Crippen LogP contribution in [0.4, 0.5) is 25.8 Å². The summed E-state index contributed by atoms with van der Waals surface area (Å²) in [5.74, 6) is -0.810. The molecular formula is C15H11F2N3. The van der Waals surface area contributed by atoms with Crippen LogP contribution >= 0.6 is 0 Å². The highest BCUT2D eigenvalue weighted by atomic mass is 19.1. The van der Waals surface area contributed by atoms with Gasteiger partial charge < -0.3 is 11.1 Å². The van der Waals surface area contributed by atoms with Crippen LogP contribution in [0.3, 0.4) is 0 Å². The van der Waals surface area contributed by atoms with Crippen LogP contribution in [0.1, 0.15) is 0 Å². The van der Waals surface area contributed by atoms with Crippen LogP contribution in [0.5, 0.6) is 0 Å². The van der Waals surface area contributed by atoms with E-state index in [1.54, 1.807) is 24.3 Å². The standard InChI is InChI=1S/C15H11F2N3/c16-9-5-6-13-10(7-9)15(12(18)8-19-13)20-14-4-2-1-3-11(14)17/h1-8H,18H2,(H,19,20). The van der Waals surface area contributed by atoms with E-state index in [-0.39, 0.29) is 5.69 Å². The van der Waals surface area contributed by atoms with Gasteiger partial charge in [0.1, 0.15) is 11.6 Å². The maximum atomic E-state index is 13.7. The third kappa shape index (κ3) is 2.14. The number of pyridine rings is 1. The molecule has 100 valence electrons. The summed E-state index contributed by atoms with van der Waals surface area (Å²) in [6.07, 6.45) is 1.46. The zero-order valence-corrected chi connectivity index (χ0v) is 10.4. The Hall–Kier alpha value is -2.69. The van der Waals surface area contributed by atoms with Gasteiger partial charge >= 0.3 is 0 Å². The van der Waals surface area contributed by atoms with Crippen molar-refractivity contribution in [1.29, 1.82) is 0 Å². The summed E-state index contributed by atoms with van der Waals surface area (Å²) < 4.78 is 27.1. The molecule has 5 heteroatoms. The van der Waals surface area contributed by atoms with Gasteiger partial charge in [-0.05, 0) is 30.3 Å². The van der Waals surface area contributed by atoms with E-state index in [2.05, 4.69) is 10.3 Å². The van der Waals surface area contributed by atoms with Crippen LogP contribution in [-0.2, 0) is 0 Å². The first kappa shape index (κ1) is 12.3. The highest BCUT2D eigenvalue weighted by molar-refractivity contribution is 5.98. The van der Waals surface area contributed by atoms with Crippen LogP contribution in [0.25, 0.3) is 10.9 Å². The molecule has 0 aliphatic heterocycles. The Balaban J connectivity index is 2.17. The first-order chi connectivity index (χ1) is 9.65. The Bertz CT molecular complexity index is 782. The molecule has 0 saturated carbocycles. The number of nitrogens with two attached hydrogens (primary N) is 1. The van der Waals surface area contributed by atoms with Gasteiger partial charge in [-0.15, -0.1) is 0 Å². The van der Waals surface area contributed by atoms with Gasteiger partial charge in [-0.2, -0.15) is 0 Å². The zero-order chi connectivity index (χ0) is 14.1. The molecule has 2 aromatic carbocycles. The third-order valence-electron chi connectivity index (χ3n) is 2.99. The number of nitrogen functional groups attached to an aromatic ring is 1. The molecule has 3 N–H and O–H groups in total. The fourth-order valence-electron chi connectivity index (χ4n) is 2.02. The molecular weight excluding hydrogens is 260 g/mol. The minimum atomic E-state index is -0.409. The molecule has 0 aliphatic carbocycles. The first-order valence-corrected chi connectivity index (χ1v) is 6.00. The molecule has 0 radical (unpaired) electrons. The van der Waals surface area contributed by atoms with Crippen LogP contribution < -0.4 is 11.1 Å². The van der Waals surface area contributed by atoms with Crippen molar-refractivity contribution in [3.8, 4) is 0 Å². The van der Waals surface area contributed by atoms with Crippen LogP contribution in [-0.4, -0.2) is 4.98 Å². The van der Waals surface area contributed by atoms with E-state index in [4.69, 9.17) is 5.73 Å². The van der Waals surface area contributed by atoms with Gasteiger partial charge in [0.15, 0.2) is 0 Å². The van der Waals surface area contributed by atoms with E-state index in [0.29, 0.717) is 22.3 Å². The van der Waals surface area contributed by atoms with E-state index in [9.17, 15) is 8.78 Å². The molecule has 0 spiro atoms. The van der Waals surface area contributed by atoms with Crippen molar-refractivity contribution in [2.45, 2.75) is 0 Å². The Morgan fingerprint density at radius 1 is 1.05 bits per heavy atom. The number of halogens is 2. The lowest BCUT2D eigenvalue weighted by molar-refractivity contribution is 0.629. The van der Waals surface area contributed by atoms with Crippen molar-refractivity contribution in [2.24, 2.45) is 0 Å². The minimum Gasteiger partial charge on any atom is -0.396 e. The van der Waals surface area contributed by atoms with Crippen molar-refractivity contribution in [1.82, 2.24) is 4.98 Å². The van der Waals surface area contributed by atoms with E-state index in [0.717, 1.165) is 0 Å². The Morgan fingerprint density at radius 2 is 1.85 bits per heavy atom. The fourth-order valence-corrected chi connectivity index (χ4v) is 2.02. The topological polar surface area (TPSA) is 50.9 Å². The Labute approximate surface area is 114 Å². The molecule has 1 aromatic heterocycles.